The number of anilines is 1. The fourth-order valence-corrected chi connectivity index (χ4v) is 6.71. The van der Waals surface area contributed by atoms with Gasteiger partial charge in [0, 0.05) is 29.0 Å². The summed E-state index contributed by atoms with van der Waals surface area (Å²) >= 11 is 3.28. The molecule has 0 radical (unpaired) electrons. The lowest BCUT2D eigenvalue weighted by Gasteiger charge is -2.25. The third-order valence-corrected chi connectivity index (χ3v) is 9.36. The summed E-state index contributed by atoms with van der Waals surface area (Å²) in [7, 11) is -3.92. The van der Waals surface area contributed by atoms with Gasteiger partial charge < -0.3 is 21.1 Å². The molecular weight excluding hydrogens is 576 g/mol. The molecule has 0 aromatic heterocycles. The smallest absolute Gasteiger partial charge is 0.326 e. The summed E-state index contributed by atoms with van der Waals surface area (Å²) in [6.45, 7) is 1.81. The average molecular weight is 608 g/mol. The van der Waals surface area contributed by atoms with Crippen LogP contribution in [-0.2, 0) is 30.8 Å². The molecule has 2 aromatic carbocycles. The SMILES string of the molecule is O=C(Nc1ccc(C[C@H](NC(=O)[C@@H]2CCCN2S(=O)(=O)c2ccc(Br)cc2)C(=O)O)cc1)C1CCNCC1. The molecule has 204 valence electrons. The molecule has 4 rings (SSSR count). The minimum Gasteiger partial charge on any atom is -0.480 e. The summed E-state index contributed by atoms with van der Waals surface area (Å²) in [5, 5.41) is 18.4. The van der Waals surface area contributed by atoms with Gasteiger partial charge in [0.1, 0.15) is 12.1 Å². The second-order valence-corrected chi connectivity index (χ2v) is 12.3. The molecule has 38 heavy (non-hydrogen) atoms. The molecule has 2 aliphatic rings. The van der Waals surface area contributed by atoms with Crippen molar-refractivity contribution in [3.8, 4) is 0 Å². The van der Waals surface area contributed by atoms with Crippen LogP contribution in [0.5, 0.6) is 0 Å². The predicted molar refractivity (Wildman–Crippen MR) is 145 cm³/mol. The third kappa shape index (κ3) is 6.79. The normalized spacial score (nSPS) is 19.6. The van der Waals surface area contributed by atoms with Crippen LogP contribution < -0.4 is 16.0 Å². The van der Waals surface area contributed by atoms with Crippen molar-refractivity contribution in [3.63, 3.8) is 0 Å². The highest BCUT2D eigenvalue weighted by Gasteiger charge is 2.40. The van der Waals surface area contributed by atoms with E-state index in [-0.39, 0.29) is 29.7 Å². The lowest BCUT2D eigenvalue weighted by molar-refractivity contribution is -0.142. The van der Waals surface area contributed by atoms with Crippen molar-refractivity contribution in [1.29, 1.82) is 0 Å². The number of nitrogens with zero attached hydrogens (tertiary/aromatic N) is 1. The number of halogens is 1. The van der Waals surface area contributed by atoms with Gasteiger partial charge in [0.05, 0.1) is 4.90 Å². The molecule has 0 spiro atoms. The Morgan fingerprint density at radius 1 is 1.00 bits per heavy atom. The summed E-state index contributed by atoms with van der Waals surface area (Å²) in [5.74, 6) is -1.93. The molecule has 0 bridgehead atoms. The molecule has 2 aliphatic heterocycles. The van der Waals surface area contributed by atoms with Gasteiger partial charge in [0.15, 0.2) is 0 Å². The lowest BCUT2D eigenvalue weighted by atomic mass is 9.97. The van der Waals surface area contributed by atoms with Crippen LogP contribution in [0.3, 0.4) is 0 Å². The first kappa shape index (κ1) is 28.2. The Balaban J connectivity index is 1.39. The zero-order valence-electron chi connectivity index (χ0n) is 20.7. The summed E-state index contributed by atoms with van der Waals surface area (Å²) in [5.41, 5.74) is 1.27. The van der Waals surface area contributed by atoms with Gasteiger partial charge >= 0.3 is 5.97 Å². The summed E-state index contributed by atoms with van der Waals surface area (Å²) in [6, 6.07) is 10.8. The van der Waals surface area contributed by atoms with Crippen molar-refractivity contribution in [2.24, 2.45) is 5.92 Å². The van der Waals surface area contributed by atoms with Gasteiger partial charge in [-0.05, 0) is 80.7 Å². The number of carbonyl (C=O) groups excluding carboxylic acids is 2. The second-order valence-electron chi connectivity index (χ2n) is 9.54. The number of carboxylic acid groups (broad SMARTS) is 1. The minimum atomic E-state index is -3.92. The van der Waals surface area contributed by atoms with Crippen LogP contribution in [0, 0.1) is 5.92 Å². The number of sulfonamides is 1. The first-order chi connectivity index (χ1) is 18.1. The number of hydrogen-bond donors (Lipinski definition) is 4. The number of amides is 2. The number of benzene rings is 2. The largest absolute Gasteiger partial charge is 0.480 e. The number of carboxylic acids is 1. The van der Waals surface area contributed by atoms with Gasteiger partial charge in [-0.3, -0.25) is 9.59 Å². The molecule has 10 nitrogen and oxygen atoms in total. The van der Waals surface area contributed by atoms with Crippen molar-refractivity contribution in [2.75, 3.05) is 25.0 Å². The summed E-state index contributed by atoms with van der Waals surface area (Å²) in [6.07, 6.45) is 2.38. The standard InChI is InChI=1S/C26H31BrN4O6S/c27-19-5-9-21(10-6-19)38(36,37)31-15-1-2-23(31)25(33)30-22(26(34)35)16-17-3-7-20(8-4-17)29-24(32)18-11-13-28-14-12-18/h3-10,18,22-23,28H,1-2,11-16H2,(H,29,32)(H,30,33)(H,34,35)/t22-,23-/m0/s1. The number of carbonyl (C=O) groups is 3. The Morgan fingerprint density at radius 3 is 2.29 bits per heavy atom. The summed E-state index contributed by atoms with van der Waals surface area (Å²) in [4.78, 5) is 37.6. The van der Waals surface area contributed by atoms with Gasteiger partial charge in [0.2, 0.25) is 21.8 Å². The molecule has 2 amide bonds. The van der Waals surface area contributed by atoms with Crippen molar-refractivity contribution in [3.05, 3.63) is 58.6 Å². The quantitative estimate of drug-likeness (QED) is 0.343. The fraction of sp³-hybridized carbons (Fsp3) is 0.423. The van der Waals surface area contributed by atoms with E-state index in [1.54, 1.807) is 36.4 Å². The maximum absolute atomic E-state index is 13.2. The van der Waals surface area contributed by atoms with Crippen molar-refractivity contribution < 1.29 is 27.9 Å². The maximum atomic E-state index is 13.2. The van der Waals surface area contributed by atoms with Gasteiger partial charge in [-0.2, -0.15) is 4.31 Å². The van der Waals surface area contributed by atoms with E-state index in [1.165, 1.54) is 12.1 Å². The van der Waals surface area contributed by atoms with E-state index >= 15 is 0 Å². The number of nitrogens with one attached hydrogen (secondary N) is 3. The van der Waals surface area contributed by atoms with Crippen LogP contribution in [0.15, 0.2) is 57.9 Å². The van der Waals surface area contributed by atoms with Crippen LogP contribution in [-0.4, -0.2) is 67.3 Å². The lowest BCUT2D eigenvalue weighted by Crippen LogP contribution is -2.51. The van der Waals surface area contributed by atoms with Crippen LogP contribution in [0.4, 0.5) is 5.69 Å². The van der Waals surface area contributed by atoms with E-state index in [2.05, 4.69) is 31.9 Å². The highest BCUT2D eigenvalue weighted by atomic mass is 79.9. The van der Waals surface area contributed by atoms with Crippen molar-refractivity contribution >= 4 is 49.4 Å². The first-order valence-electron chi connectivity index (χ1n) is 12.6. The predicted octanol–water partition coefficient (Wildman–Crippen LogP) is 2.35. The second kappa shape index (κ2) is 12.4. The molecular formula is C26H31BrN4O6S. The number of rotatable bonds is 9. The molecule has 0 unspecified atom stereocenters. The number of piperidine rings is 1. The average Bonchev–Trinajstić information content (AvgIpc) is 3.41. The van der Waals surface area contributed by atoms with Crippen LogP contribution in [0.1, 0.15) is 31.2 Å². The van der Waals surface area contributed by atoms with Gasteiger partial charge in [-0.15, -0.1) is 0 Å². The zero-order chi connectivity index (χ0) is 27.3. The Kier molecular flexibility index (Phi) is 9.19. The fourth-order valence-electron chi connectivity index (χ4n) is 4.79. The Hall–Kier alpha value is -2.80. The molecule has 2 aromatic rings. The van der Waals surface area contributed by atoms with Crippen LogP contribution in [0.25, 0.3) is 0 Å². The highest BCUT2D eigenvalue weighted by molar-refractivity contribution is 9.10. The van der Waals surface area contributed by atoms with Crippen molar-refractivity contribution in [1.82, 2.24) is 14.9 Å². The van der Waals surface area contributed by atoms with E-state index in [4.69, 9.17) is 0 Å². The number of aliphatic carboxylic acids is 1. The van der Waals surface area contributed by atoms with Crippen LogP contribution >= 0.6 is 15.9 Å². The van der Waals surface area contributed by atoms with E-state index in [0.717, 1.165) is 34.7 Å². The van der Waals surface area contributed by atoms with Gasteiger partial charge in [-0.1, -0.05) is 28.1 Å². The summed E-state index contributed by atoms with van der Waals surface area (Å²) < 4.78 is 28.2. The molecule has 4 N–H and O–H groups in total. The van der Waals surface area contributed by atoms with Crippen molar-refractivity contribution in [2.45, 2.75) is 49.1 Å². The Bertz CT molecular complexity index is 1260. The Morgan fingerprint density at radius 2 is 1.66 bits per heavy atom. The molecule has 2 fully saturated rings. The topological polar surface area (TPSA) is 145 Å². The third-order valence-electron chi connectivity index (χ3n) is 6.91. The molecule has 2 heterocycles. The monoisotopic (exact) mass is 606 g/mol. The molecule has 2 saturated heterocycles. The minimum absolute atomic E-state index is 0.00970. The van der Waals surface area contributed by atoms with Crippen LogP contribution in [0.2, 0.25) is 0 Å². The van der Waals surface area contributed by atoms with Gasteiger partial charge in [0.25, 0.3) is 0 Å². The highest BCUT2D eigenvalue weighted by Crippen LogP contribution is 2.27. The maximum Gasteiger partial charge on any atom is 0.326 e. The molecule has 2 atom stereocenters. The zero-order valence-corrected chi connectivity index (χ0v) is 23.1. The van der Waals surface area contributed by atoms with E-state index < -0.39 is 34.0 Å². The van der Waals surface area contributed by atoms with Gasteiger partial charge in [-0.25, -0.2) is 13.2 Å². The first-order valence-corrected chi connectivity index (χ1v) is 14.8. The molecule has 0 saturated carbocycles. The molecule has 12 heteroatoms. The number of hydrogen-bond acceptors (Lipinski definition) is 6. The van der Waals surface area contributed by atoms with E-state index in [9.17, 15) is 27.9 Å². The Labute approximate surface area is 230 Å². The van der Waals surface area contributed by atoms with E-state index in [1.807, 2.05) is 0 Å². The van der Waals surface area contributed by atoms with E-state index in [0.29, 0.717) is 24.1 Å². The molecule has 0 aliphatic carbocycles.